The molecule has 1 amide bonds. The fourth-order valence-electron chi connectivity index (χ4n) is 3.31. The first-order chi connectivity index (χ1) is 16.3. The van der Waals surface area contributed by atoms with Crippen LogP contribution in [-0.2, 0) is 6.54 Å². The molecule has 1 atom stereocenters. The Kier molecular flexibility index (Phi) is 7.79. The molecule has 0 aliphatic heterocycles. The van der Waals surface area contributed by atoms with Gasteiger partial charge in [0.2, 0.25) is 5.82 Å². The average molecular weight is 463 g/mol. The molecule has 3 rings (SSSR count). The maximum atomic E-state index is 12.7. The molecule has 11 nitrogen and oxygen atoms in total. The summed E-state index contributed by atoms with van der Waals surface area (Å²) in [6, 6.07) is 11.8. The average Bonchev–Trinajstić information content (AvgIpc) is 3.24. The highest BCUT2D eigenvalue weighted by Gasteiger charge is 2.17. The summed E-state index contributed by atoms with van der Waals surface area (Å²) in [6.07, 6.45) is 3.61. The summed E-state index contributed by atoms with van der Waals surface area (Å²) in [4.78, 5) is 27.0. The van der Waals surface area contributed by atoms with E-state index in [1.165, 1.54) is 12.1 Å². The molecule has 0 spiro atoms. The van der Waals surface area contributed by atoms with Crippen LogP contribution in [0.2, 0.25) is 0 Å². The number of aliphatic hydroxyl groups excluding tert-OH is 1. The zero-order chi connectivity index (χ0) is 24.7. The highest BCUT2D eigenvalue weighted by molar-refractivity contribution is 6.00. The molecule has 0 radical (unpaired) electrons. The van der Waals surface area contributed by atoms with E-state index in [0.717, 1.165) is 5.56 Å². The molecule has 34 heavy (non-hydrogen) atoms. The van der Waals surface area contributed by atoms with Crippen LogP contribution in [0.15, 0.2) is 48.8 Å². The summed E-state index contributed by atoms with van der Waals surface area (Å²) in [5.74, 6) is -0.0184. The summed E-state index contributed by atoms with van der Waals surface area (Å²) in [5, 5.41) is 35.2. The third-order valence-corrected chi connectivity index (χ3v) is 5.01. The minimum Gasteiger partial charge on any atom is -0.392 e. The number of rotatable bonds is 10. The smallest absolute Gasteiger partial charge is 0.311 e. The number of nitrogens with zero attached hydrogens (tertiary/aromatic N) is 4. The highest BCUT2D eigenvalue weighted by Crippen LogP contribution is 2.26. The molecular formula is C23H25N7O4. The summed E-state index contributed by atoms with van der Waals surface area (Å²) >= 11 is 0. The van der Waals surface area contributed by atoms with Crippen LogP contribution >= 0.6 is 0 Å². The molecule has 0 unspecified atom stereocenters. The van der Waals surface area contributed by atoms with Gasteiger partial charge in [0.15, 0.2) is 0 Å². The topological polar surface area (TPSA) is 172 Å². The van der Waals surface area contributed by atoms with Crippen molar-refractivity contribution in [2.75, 3.05) is 24.1 Å². The Morgan fingerprint density at radius 2 is 2.03 bits per heavy atom. The van der Waals surface area contributed by atoms with Crippen LogP contribution in [0.4, 0.5) is 17.3 Å². The summed E-state index contributed by atoms with van der Waals surface area (Å²) in [7, 11) is 0. The van der Waals surface area contributed by atoms with Crippen LogP contribution in [0, 0.1) is 21.4 Å². The molecule has 0 saturated heterocycles. The number of benzene rings is 1. The molecule has 0 fully saturated rings. The van der Waals surface area contributed by atoms with Crippen molar-refractivity contribution in [2.45, 2.75) is 26.0 Å². The second-order valence-electron chi connectivity index (χ2n) is 7.71. The number of nitro groups is 1. The van der Waals surface area contributed by atoms with Crippen LogP contribution < -0.4 is 16.4 Å². The van der Waals surface area contributed by atoms with Gasteiger partial charge in [0.25, 0.3) is 5.91 Å². The Morgan fingerprint density at radius 3 is 2.65 bits per heavy atom. The number of nitrogens with two attached hydrogens (primary N) is 1. The lowest BCUT2D eigenvalue weighted by Crippen LogP contribution is -2.30. The normalized spacial score (nSPS) is 11.4. The number of aryl methyl sites for hydroxylation is 1. The number of nitriles is 1. The molecule has 0 saturated carbocycles. The SMILES string of the molecule is C[C@@H](O)CNC(=O)c1cn(CCCNc2ccc([N+](=O)[O-])c(N)n2)cc1-c1ccc(C#N)cc1. The van der Waals surface area contributed by atoms with E-state index in [4.69, 9.17) is 11.0 Å². The first kappa shape index (κ1) is 24.2. The van der Waals surface area contributed by atoms with Gasteiger partial charge >= 0.3 is 5.69 Å². The molecule has 0 bridgehead atoms. The molecular weight excluding hydrogens is 438 g/mol. The van der Waals surface area contributed by atoms with E-state index in [9.17, 15) is 20.0 Å². The molecule has 2 heterocycles. The van der Waals surface area contributed by atoms with Gasteiger partial charge < -0.3 is 26.0 Å². The lowest BCUT2D eigenvalue weighted by atomic mass is 10.0. The first-order valence-electron chi connectivity index (χ1n) is 10.6. The van der Waals surface area contributed by atoms with E-state index in [1.807, 2.05) is 10.8 Å². The monoisotopic (exact) mass is 463 g/mol. The van der Waals surface area contributed by atoms with Crippen molar-refractivity contribution in [1.82, 2.24) is 14.9 Å². The van der Waals surface area contributed by atoms with Crippen LogP contribution in [0.5, 0.6) is 0 Å². The van der Waals surface area contributed by atoms with Crippen LogP contribution in [-0.4, -0.2) is 44.7 Å². The number of carbonyl (C=O) groups is 1. The summed E-state index contributed by atoms with van der Waals surface area (Å²) < 4.78 is 1.89. The van der Waals surface area contributed by atoms with Gasteiger partial charge in [-0.05, 0) is 37.1 Å². The van der Waals surface area contributed by atoms with Crippen molar-refractivity contribution in [3.8, 4) is 17.2 Å². The van der Waals surface area contributed by atoms with E-state index in [-0.39, 0.29) is 24.0 Å². The van der Waals surface area contributed by atoms with Crippen molar-refractivity contribution in [3.63, 3.8) is 0 Å². The highest BCUT2D eigenvalue weighted by atomic mass is 16.6. The van der Waals surface area contributed by atoms with Crippen molar-refractivity contribution in [2.24, 2.45) is 0 Å². The molecule has 1 aromatic carbocycles. The molecule has 0 aliphatic rings. The van der Waals surface area contributed by atoms with E-state index >= 15 is 0 Å². The van der Waals surface area contributed by atoms with E-state index in [2.05, 4.69) is 21.7 Å². The van der Waals surface area contributed by atoms with Crippen LogP contribution in [0.25, 0.3) is 11.1 Å². The number of amides is 1. The predicted octanol–water partition coefficient (Wildman–Crippen LogP) is 2.52. The van der Waals surface area contributed by atoms with Gasteiger partial charge in [-0.2, -0.15) is 5.26 Å². The van der Waals surface area contributed by atoms with Gasteiger partial charge in [0, 0.05) is 43.7 Å². The van der Waals surface area contributed by atoms with Crippen molar-refractivity contribution >= 4 is 23.2 Å². The van der Waals surface area contributed by atoms with Crippen LogP contribution in [0.1, 0.15) is 29.3 Å². The predicted molar refractivity (Wildman–Crippen MR) is 127 cm³/mol. The number of aromatic nitrogens is 2. The molecule has 3 aromatic rings. The Morgan fingerprint density at radius 1 is 1.29 bits per heavy atom. The van der Waals surface area contributed by atoms with E-state index in [0.29, 0.717) is 42.0 Å². The number of carbonyl (C=O) groups excluding carboxylic acids is 1. The molecule has 0 aliphatic carbocycles. The Balaban J connectivity index is 1.70. The molecule has 11 heteroatoms. The Labute approximate surface area is 196 Å². The second kappa shape index (κ2) is 10.9. The molecule has 176 valence electrons. The van der Waals surface area contributed by atoms with Crippen molar-refractivity contribution in [1.29, 1.82) is 5.26 Å². The summed E-state index contributed by atoms with van der Waals surface area (Å²) in [5.41, 5.74) is 7.87. The maximum Gasteiger partial charge on any atom is 0.311 e. The van der Waals surface area contributed by atoms with Gasteiger partial charge in [-0.25, -0.2) is 4.98 Å². The summed E-state index contributed by atoms with van der Waals surface area (Å²) in [6.45, 7) is 2.83. The van der Waals surface area contributed by atoms with Crippen LogP contribution in [0.3, 0.4) is 0 Å². The van der Waals surface area contributed by atoms with Gasteiger partial charge in [0.05, 0.1) is 28.2 Å². The number of hydrogen-bond donors (Lipinski definition) is 4. The van der Waals surface area contributed by atoms with Crippen molar-refractivity contribution < 1.29 is 14.8 Å². The van der Waals surface area contributed by atoms with Gasteiger partial charge in [-0.1, -0.05) is 12.1 Å². The second-order valence-corrected chi connectivity index (χ2v) is 7.71. The minimum absolute atomic E-state index is 0.131. The number of pyridine rings is 1. The fraction of sp³-hybridized carbons (Fsp3) is 0.261. The third kappa shape index (κ3) is 6.08. The largest absolute Gasteiger partial charge is 0.392 e. The number of hydrogen-bond acceptors (Lipinski definition) is 8. The number of anilines is 2. The zero-order valence-corrected chi connectivity index (χ0v) is 18.6. The zero-order valence-electron chi connectivity index (χ0n) is 18.6. The maximum absolute atomic E-state index is 12.7. The Hall–Kier alpha value is -4.43. The van der Waals surface area contributed by atoms with E-state index in [1.54, 1.807) is 37.4 Å². The molecule has 5 N–H and O–H groups in total. The number of nitrogens with one attached hydrogen (secondary N) is 2. The van der Waals surface area contributed by atoms with E-state index < -0.39 is 11.0 Å². The first-order valence-corrected chi connectivity index (χ1v) is 10.6. The van der Waals surface area contributed by atoms with Gasteiger partial charge in [-0.3, -0.25) is 14.9 Å². The van der Waals surface area contributed by atoms with Gasteiger partial charge in [-0.15, -0.1) is 0 Å². The van der Waals surface area contributed by atoms with Gasteiger partial charge in [0.1, 0.15) is 5.82 Å². The lowest BCUT2D eigenvalue weighted by Gasteiger charge is -2.08. The third-order valence-electron chi connectivity index (χ3n) is 5.01. The minimum atomic E-state index is -0.669. The Bertz CT molecular complexity index is 1210. The standard InChI is InChI=1S/C23H25N7O4/c1-15(31)12-27-23(32)19-14-29(13-18(19)17-5-3-16(11-24)4-6-17)10-2-9-26-21-8-7-20(30(33)34)22(25)28-21/h3-8,13-15,31H,2,9-10,12H2,1H3,(H,27,32)(H3,25,26,28)/t15-/m1/s1. The fourth-order valence-corrected chi connectivity index (χ4v) is 3.31. The quantitative estimate of drug-likeness (QED) is 0.202. The number of nitrogen functional groups attached to an aromatic ring is 1. The molecule has 2 aromatic heterocycles. The number of aliphatic hydroxyl groups is 1. The lowest BCUT2D eigenvalue weighted by molar-refractivity contribution is -0.384. The van der Waals surface area contributed by atoms with Crippen molar-refractivity contribution in [3.05, 3.63) is 70.0 Å².